The lowest BCUT2D eigenvalue weighted by Gasteiger charge is -2.29. The Morgan fingerprint density at radius 3 is 2.59 bits per heavy atom. The number of rotatable bonds is 4. The number of thioether (sulfide) groups is 1. The van der Waals surface area contributed by atoms with Crippen molar-refractivity contribution in [1.29, 1.82) is 0 Å². The Balaban J connectivity index is 1.81. The molecule has 116 valence electrons. The van der Waals surface area contributed by atoms with Crippen molar-refractivity contribution in [3.8, 4) is 0 Å². The maximum absolute atomic E-state index is 12.2. The molecule has 1 aromatic heterocycles. The van der Waals surface area contributed by atoms with E-state index in [1.165, 1.54) is 0 Å². The van der Waals surface area contributed by atoms with E-state index in [-0.39, 0.29) is 11.8 Å². The smallest absolute Gasteiger partial charge is 0.244 e. The second-order valence-corrected chi connectivity index (χ2v) is 6.47. The first kappa shape index (κ1) is 15.0. The molecule has 2 atom stereocenters. The number of nitrogens with zero attached hydrogens (tertiary/aromatic N) is 1. The summed E-state index contributed by atoms with van der Waals surface area (Å²) in [4.78, 5) is 24.3. The minimum Gasteiger partial charge on any atom is -0.350 e. The average molecular weight is 317 g/mol. The number of para-hydroxylation sites is 1. The van der Waals surface area contributed by atoms with Gasteiger partial charge in [0.05, 0.1) is 0 Å². The summed E-state index contributed by atoms with van der Waals surface area (Å²) in [5.41, 5.74) is 2.20. The van der Waals surface area contributed by atoms with E-state index in [1.807, 2.05) is 48.3 Å². The van der Waals surface area contributed by atoms with E-state index in [9.17, 15) is 9.59 Å². The first-order chi connectivity index (χ1) is 10.6. The van der Waals surface area contributed by atoms with Gasteiger partial charge in [0, 0.05) is 36.3 Å². The largest absolute Gasteiger partial charge is 0.350 e. The van der Waals surface area contributed by atoms with Crippen molar-refractivity contribution in [3.63, 3.8) is 0 Å². The molecule has 6 heteroatoms. The number of benzene rings is 1. The summed E-state index contributed by atoms with van der Waals surface area (Å²) >= 11 is 1.55. The molecule has 1 aliphatic rings. The Morgan fingerprint density at radius 2 is 1.82 bits per heavy atom. The van der Waals surface area contributed by atoms with Crippen LogP contribution in [0.4, 0.5) is 0 Å². The van der Waals surface area contributed by atoms with Crippen LogP contribution in [0.5, 0.6) is 0 Å². The van der Waals surface area contributed by atoms with Gasteiger partial charge in [-0.3, -0.25) is 9.59 Å². The maximum Gasteiger partial charge on any atom is 0.244 e. The van der Waals surface area contributed by atoms with E-state index in [2.05, 4.69) is 10.6 Å². The summed E-state index contributed by atoms with van der Waals surface area (Å²) in [6.07, 6.45) is 4.45. The summed E-state index contributed by atoms with van der Waals surface area (Å²) in [5.74, 6) is 0.393. The fourth-order valence-electron chi connectivity index (χ4n) is 2.91. The summed E-state index contributed by atoms with van der Waals surface area (Å²) in [6, 6.07) is 7.15. The molecule has 1 saturated heterocycles. The zero-order valence-corrected chi connectivity index (χ0v) is 13.4. The molecular weight excluding hydrogens is 298 g/mol. The molecule has 1 fully saturated rings. The van der Waals surface area contributed by atoms with Crippen molar-refractivity contribution in [2.75, 3.05) is 12.0 Å². The lowest BCUT2D eigenvalue weighted by Crippen LogP contribution is -2.63. The quantitative estimate of drug-likeness (QED) is 0.886. The van der Waals surface area contributed by atoms with E-state index >= 15 is 0 Å². The molecule has 0 spiro atoms. The van der Waals surface area contributed by atoms with Gasteiger partial charge in [-0.15, -0.1) is 0 Å². The highest BCUT2D eigenvalue weighted by Gasteiger charge is 2.33. The molecule has 22 heavy (non-hydrogen) atoms. The molecule has 1 aliphatic heterocycles. The van der Waals surface area contributed by atoms with Crippen molar-refractivity contribution in [1.82, 2.24) is 15.2 Å². The molecule has 1 aromatic carbocycles. The third-order valence-electron chi connectivity index (χ3n) is 4.00. The van der Waals surface area contributed by atoms with Crippen molar-refractivity contribution in [3.05, 3.63) is 36.0 Å². The van der Waals surface area contributed by atoms with Crippen LogP contribution in [0.1, 0.15) is 5.56 Å². The molecule has 0 radical (unpaired) electrons. The van der Waals surface area contributed by atoms with Gasteiger partial charge in [-0.05, 0) is 17.9 Å². The van der Waals surface area contributed by atoms with Gasteiger partial charge in [0.25, 0.3) is 0 Å². The van der Waals surface area contributed by atoms with Gasteiger partial charge in [-0.25, -0.2) is 0 Å². The molecule has 0 unspecified atom stereocenters. The van der Waals surface area contributed by atoms with Crippen LogP contribution in [0.3, 0.4) is 0 Å². The van der Waals surface area contributed by atoms with Crippen LogP contribution in [0.2, 0.25) is 0 Å². The van der Waals surface area contributed by atoms with Crippen molar-refractivity contribution < 1.29 is 9.59 Å². The molecular formula is C16H19N3O2S. The number of amides is 2. The molecule has 3 rings (SSSR count). The van der Waals surface area contributed by atoms with Crippen molar-refractivity contribution in [2.45, 2.75) is 18.5 Å². The Morgan fingerprint density at radius 1 is 1.14 bits per heavy atom. The predicted molar refractivity (Wildman–Crippen MR) is 88.9 cm³/mol. The molecule has 0 aliphatic carbocycles. The number of piperazine rings is 1. The number of aromatic nitrogens is 1. The van der Waals surface area contributed by atoms with Gasteiger partial charge >= 0.3 is 0 Å². The van der Waals surface area contributed by atoms with Crippen LogP contribution >= 0.6 is 11.8 Å². The molecule has 0 saturated carbocycles. The van der Waals surface area contributed by atoms with Gasteiger partial charge in [-0.2, -0.15) is 11.8 Å². The van der Waals surface area contributed by atoms with Gasteiger partial charge in [-0.1, -0.05) is 18.2 Å². The van der Waals surface area contributed by atoms with Crippen molar-refractivity contribution in [2.24, 2.45) is 7.05 Å². The van der Waals surface area contributed by atoms with E-state index in [0.29, 0.717) is 12.2 Å². The number of aryl methyl sites for hydroxylation is 1. The van der Waals surface area contributed by atoms with Crippen LogP contribution < -0.4 is 10.6 Å². The zero-order valence-electron chi connectivity index (χ0n) is 12.6. The minimum atomic E-state index is -0.503. The highest BCUT2D eigenvalue weighted by molar-refractivity contribution is 7.98. The average Bonchev–Trinajstić information content (AvgIpc) is 2.82. The predicted octanol–water partition coefficient (Wildman–Crippen LogP) is 1.07. The molecule has 2 heterocycles. The highest BCUT2D eigenvalue weighted by atomic mass is 32.2. The Bertz CT molecular complexity index is 725. The Kier molecular flexibility index (Phi) is 4.11. The summed E-state index contributed by atoms with van der Waals surface area (Å²) < 4.78 is 2.05. The Hall–Kier alpha value is -1.95. The second-order valence-electron chi connectivity index (χ2n) is 5.56. The lowest BCUT2D eigenvalue weighted by molar-refractivity contribution is -0.136. The standard InChI is InChI=1S/C16H19N3O2S/c1-19-8-10(11-5-3-4-6-14(11)19)7-12-15(20)18-13(9-22-2)16(21)17-12/h3-6,8,12-13H,7,9H2,1-2H3,(H,17,21)(H,18,20)/t12-,13+/m1/s1. The number of fused-ring (bicyclic) bond motifs is 1. The lowest BCUT2D eigenvalue weighted by atomic mass is 10.0. The minimum absolute atomic E-state index is 0.0980. The Labute approximate surface area is 133 Å². The number of nitrogens with one attached hydrogen (secondary N) is 2. The summed E-state index contributed by atoms with van der Waals surface area (Å²) in [6.45, 7) is 0. The third-order valence-corrected chi connectivity index (χ3v) is 4.67. The fraction of sp³-hybridized carbons (Fsp3) is 0.375. The van der Waals surface area contributed by atoms with Crippen LogP contribution in [0.15, 0.2) is 30.5 Å². The molecule has 5 nitrogen and oxygen atoms in total. The molecule has 0 bridgehead atoms. The first-order valence-electron chi connectivity index (χ1n) is 7.22. The zero-order chi connectivity index (χ0) is 15.7. The van der Waals surface area contributed by atoms with Crippen molar-refractivity contribution >= 4 is 34.5 Å². The molecule has 2 aromatic rings. The summed E-state index contributed by atoms with van der Waals surface area (Å²) in [7, 11) is 1.99. The van der Waals surface area contributed by atoms with Gasteiger partial charge in [0.15, 0.2) is 0 Å². The van der Waals surface area contributed by atoms with Crippen LogP contribution in [0, 0.1) is 0 Å². The first-order valence-corrected chi connectivity index (χ1v) is 8.62. The van der Waals surface area contributed by atoms with E-state index in [4.69, 9.17) is 0 Å². The van der Waals surface area contributed by atoms with E-state index in [1.54, 1.807) is 11.8 Å². The van der Waals surface area contributed by atoms with Crippen LogP contribution in [-0.4, -0.2) is 40.5 Å². The van der Waals surface area contributed by atoms with Crippen LogP contribution in [0.25, 0.3) is 10.9 Å². The van der Waals surface area contributed by atoms with Gasteiger partial charge < -0.3 is 15.2 Å². The number of hydrogen-bond acceptors (Lipinski definition) is 3. The van der Waals surface area contributed by atoms with Gasteiger partial charge in [0.1, 0.15) is 12.1 Å². The number of carbonyl (C=O) groups is 2. The number of carbonyl (C=O) groups excluding carboxylic acids is 2. The topological polar surface area (TPSA) is 63.1 Å². The van der Waals surface area contributed by atoms with E-state index in [0.717, 1.165) is 16.5 Å². The molecule has 2 amide bonds. The fourth-order valence-corrected chi connectivity index (χ4v) is 3.48. The van der Waals surface area contributed by atoms with Gasteiger partial charge in [0.2, 0.25) is 11.8 Å². The third kappa shape index (κ3) is 2.70. The monoisotopic (exact) mass is 317 g/mol. The maximum atomic E-state index is 12.2. The SMILES string of the molecule is CSC[C@@H]1NC(=O)[C@@H](Cc2cn(C)c3ccccc23)NC1=O. The normalized spacial score (nSPS) is 21.7. The highest BCUT2D eigenvalue weighted by Crippen LogP contribution is 2.22. The number of hydrogen-bond donors (Lipinski definition) is 2. The summed E-state index contributed by atoms with van der Waals surface area (Å²) in [5, 5.41) is 6.79. The second kappa shape index (κ2) is 6.04. The van der Waals surface area contributed by atoms with Crippen LogP contribution in [-0.2, 0) is 23.1 Å². The van der Waals surface area contributed by atoms with E-state index < -0.39 is 12.1 Å². The molecule has 2 N–H and O–H groups in total.